The van der Waals surface area contributed by atoms with E-state index in [4.69, 9.17) is 9.11 Å². The van der Waals surface area contributed by atoms with Gasteiger partial charge in [0.25, 0.3) is 20.2 Å². The Hall–Kier alpha value is 0.520. The van der Waals surface area contributed by atoms with E-state index in [0.29, 0.717) is 24.3 Å². The molecular formula is C8H18O6S4. The first-order valence-corrected chi connectivity index (χ1v) is 10.7. The van der Waals surface area contributed by atoms with Gasteiger partial charge in [-0.3, -0.25) is 9.11 Å². The molecule has 0 aliphatic rings. The Labute approximate surface area is 116 Å². The standard InChI is InChI=1S/C8H18O6S4/c1-7(17(9,10)11)3-5-15-16-6-4-8(2)18(12,13)14/h7-8H,3-6H2,1-2H3,(H,9,10,11)(H,12,13,14). The van der Waals surface area contributed by atoms with Crippen LogP contribution in [0.2, 0.25) is 0 Å². The second-order valence-corrected chi connectivity index (χ2v) is 10.2. The van der Waals surface area contributed by atoms with Crippen molar-refractivity contribution in [2.45, 2.75) is 37.2 Å². The summed E-state index contributed by atoms with van der Waals surface area (Å²) in [6.45, 7) is 2.86. The third-order valence-electron chi connectivity index (χ3n) is 2.32. The smallest absolute Gasteiger partial charge is 0.267 e. The van der Waals surface area contributed by atoms with Gasteiger partial charge in [-0.2, -0.15) is 16.8 Å². The Balaban J connectivity index is 3.65. The molecule has 6 nitrogen and oxygen atoms in total. The van der Waals surface area contributed by atoms with Crippen molar-refractivity contribution in [1.82, 2.24) is 0 Å². The molecular weight excluding hydrogens is 320 g/mol. The van der Waals surface area contributed by atoms with Gasteiger partial charge in [0.2, 0.25) is 0 Å². The first kappa shape index (κ1) is 18.5. The molecule has 0 aliphatic heterocycles. The SMILES string of the molecule is CC(CCSSCCC(C)S(=O)(=O)O)S(=O)(=O)O. The number of hydrogen-bond donors (Lipinski definition) is 2. The lowest BCUT2D eigenvalue weighted by atomic mass is 10.4. The van der Waals surface area contributed by atoms with E-state index in [9.17, 15) is 16.8 Å². The predicted octanol–water partition coefficient (Wildman–Crippen LogP) is 1.70. The van der Waals surface area contributed by atoms with Crippen molar-refractivity contribution >= 4 is 41.8 Å². The minimum absolute atomic E-state index is 0.338. The van der Waals surface area contributed by atoms with Gasteiger partial charge in [0, 0.05) is 11.5 Å². The van der Waals surface area contributed by atoms with Gasteiger partial charge < -0.3 is 0 Å². The average Bonchev–Trinajstić information content (AvgIpc) is 2.19. The Bertz CT molecular complexity index is 387. The number of hydrogen-bond acceptors (Lipinski definition) is 6. The zero-order valence-electron chi connectivity index (χ0n) is 10.1. The molecule has 0 radical (unpaired) electrons. The highest BCUT2D eigenvalue weighted by Gasteiger charge is 2.18. The Morgan fingerprint density at radius 1 is 0.833 bits per heavy atom. The molecule has 0 aliphatic carbocycles. The summed E-state index contributed by atoms with van der Waals surface area (Å²) >= 11 is 0. The molecule has 0 fully saturated rings. The van der Waals surface area contributed by atoms with Crippen LogP contribution in [0, 0.1) is 0 Å². The number of rotatable bonds is 9. The fraction of sp³-hybridized carbons (Fsp3) is 1.00. The van der Waals surface area contributed by atoms with Crippen LogP contribution in [0.15, 0.2) is 0 Å². The third kappa shape index (κ3) is 8.59. The van der Waals surface area contributed by atoms with E-state index in [1.54, 1.807) is 0 Å². The highest BCUT2D eigenvalue weighted by Crippen LogP contribution is 2.25. The lowest BCUT2D eigenvalue weighted by molar-refractivity contribution is 0.466. The Kier molecular flexibility index (Phi) is 8.18. The van der Waals surface area contributed by atoms with E-state index >= 15 is 0 Å². The molecule has 0 aromatic heterocycles. The van der Waals surface area contributed by atoms with Crippen LogP contribution in [-0.4, -0.2) is 47.9 Å². The van der Waals surface area contributed by atoms with Crippen LogP contribution in [0.5, 0.6) is 0 Å². The minimum Gasteiger partial charge on any atom is -0.285 e. The molecule has 0 amide bonds. The molecule has 2 N–H and O–H groups in total. The van der Waals surface area contributed by atoms with Gasteiger partial charge in [-0.05, 0) is 26.7 Å². The van der Waals surface area contributed by atoms with Gasteiger partial charge in [-0.25, -0.2) is 0 Å². The van der Waals surface area contributed by atoms with Gasteiger partial charge in [0.05, 0.1) is 10.5 Å². The molecule has 10 heteroatoms. The van der Waals surface area contributed by atoms with Crippen molar-refractivity contribution in [2.24, 2.45) is 0 Å². The fourth-order valence-corrected chi connectivity index (χ4v) is 4.39. The predicted molar refractivity (Wildman–Crippen MR) is 76.2 cm³/mol. The van der Waals surface area contributed by atoms with Gasteiger partial charge in [-0.15, -0.1) is 0 Å². The third-order valence-corrected chi connectivity index (χ3v) is 7.29. The Morgan fingerprint density at radius 3 is 1.33 bits per heavy atom. The summed E-state index contributed by atoms with van der Waals surface area (Å²) in [7, 11) is -5.10. The molecule has 18 heavy (non-hydrogen) atoms. The maximum Gasteiger partial charge on any atom is 0.267 e. The lowest BCUT2D eigenvalue weighted by Gasteiger charge is -2.08. The summed E-state index contributed by atoms with van der Waals surface area (Å²) < 4.78 is 60.2. The zero-order chi connectivity index (χ0) is 14.4. The van der Waals surface area contributed by atoms with E-state index in [2.05, 4.69) is 0 Å². The normalized spacial score (nSPS) is 16.4. The second-order valence-electron chi connectivity index (χ2n) is 3.87. The summed E-state index contributed by atoms with van der Waals surface area (Å²) in [5.41, 5.74) is 0. The largest absolute Gasteiger partial charge is 0.285 e. The maximum atomic E-state index is 10.7. The first-order valence-electron chi connectivity index (χ1n) is 5.22. The summed E-state index contributed by atoms with van der Waals surface area (Å²) in [4.78, 5) is 0. The molecule has 110 valence electrons. The zero-order valence-corrected chi connectivity index (χ0v) is 13.4. The highest BCUT2D eigenvalue weighted by atomic mass is 33.1. The quantitative estimate of drug-likeness (QED) is 0.371. The topological polar surface area (TPSA) is 109 Å². The van der Waals surface area contributed by atoms with Crippen molar-refractivity contribution < 1.29 is 25.9 Å². The van der Waals surface area contributed by atoms with Crippen LogP contribution in [0.25, 0.3) is 0 Å². The second kappa shape index (κ2) is 7.95. The first-order chi connectivity index (χ1) is 8.05. The molecule has 0 bridgehead atoms. The van der Waals surface area contributed by atoms with Crippen LogP contribution in [0.1, 0.15) is 26.7 Å². The molecule has 0 spiro atoms. The van der Waals surface area contributed by atoms with Crippen LogP contribution < -0.4 is 0 Å². The van der Waals surface area contributed by atoms with E-state index in [1.807, 2.05) is 0 Å². The Morgan fingerprint density at radius 2 is 1.11 bits per heavy atom. The van der Waals surface area contributed by atoms with Crippen molar-refractivity contribution in [3.8, 4) is 0 Å². The molecule has 0 aromatic carbocycles. The molecule has 0 saturated heterocycles. The highest BCUT2D eigenvalue weighted by molar-refractivity contribution is 8.76. The summed E-state index contributed by atoms with van der Waals surface area (Å²) in [6.07, 6.45) is 0.675. The lowest BCUT2D eigenvalue weighted by Crippen LogP contribution is -2.17. The van der Waals surface area contributed by atoms with Crippen LogP contribution in [0.4, 0.5) is 0 Å². The van der Waals surface area contributed by atoms with Gasteiger partial charge in [-0.1, -0.05) is 21.6 Å². The summed E-state index contributed by atoms with van der Waals surface area (Å²) in [6, 6.07) is 0. The van der Waals surface area contributed by atoms with Gasteiger partial charge >= 0.3 is 0 Å². The summed E-state index contributed by atoms with van der Waals surface area (Å²) in [5, 5.41) is -1.58. The molecule has 2 atom stereocenters. The maximum absolute atomic E-state index is 10.7. The minimum atomic E-state index is -3.96. The van der Waals surface area contributed by atoms with Crippen LogP contribution in [0.3, 0.4) is 0 Å². The molecule has 0 heterocycles. The molecule has 0 aromatic rings. The average molecular weight is 338 g/mol. The van der Waals surface area contributed by atoms with Crippen molar-refractivity contribution in [3.63, 3.8) is 0 Å². The monoisotopic (exact) mass is 338 g/mol. The molecule has 2 unspecified atom stereocenters. The van der Waals surface area contributed by atoms with E-state index in [0.717, 1.165) is 0 Å². The van der Waals surface area contributed by atoms with E-state index in [-0.39, 0.29) is 0 Å². The fourth-order valence-electron chi connectivity index (χ4n) is 0.844. The van der Waals surface area contributed by atoms with Crippen LogP contribution >= 0.6 is 21.6 Å². The van der Waals surface area contributed by atoms with Crippen LogP contribution in [-0.2, 0) is 20.2 Å². The molecule has 0 rings (SSSR count). The van der Waals surface area contributed by atoms with Crippen molar-refractivity contribution in [1.29, 1.82) is 0 Å². The van der Waals surface area contributed by atoms with Crippen molar-refractivity contribution in [2.75, 3.05) is 11.5 Å². The molecule has 0 saturated carbocycles. The van der Waals surface area contributed by atoms with Crippen molar-refractivity contribution in [3.05, 3.63) is 0 Å². The van der Waals surface area contributed by atoms with E-state index < -0.39 is 30.7 Å². The summed E-state index contributed by atoms with van der Waals surface area (Å²) in [5.74, 6) is 1.09. The van der Waals surface area contributed by atoms with Gasteiger partial charge in [0.1, 0.15) is 0 Å². The van der Waals surface area contributed by atoms with Gasteiger partial charge in [0.15, 0.2) is 0 Å². The van der Waals surface area contributed by atoms with E-state index in [1.165, 1.54) is 35.4 Å².